The lowest BCUT2D eigenvalue weighted by Crippen LogP contribution is -2.37. The van der Waals surface area contributed by atoms with Crippen molar-refractivity contribution < 1.29 is 19.4 Å². The molecule has 1 atom stereocenters. The Bertz CT molecular complexity index is 861. The maximum absolute atomic E-state index is 11.6. The summed E-state index contributed by atoms with van der Waals surface area (Å²) < 4.78 is 12.3. The third-order valence-electron chi connectivity index (χ3n) is 4.28. The molecule has 0 heterocycles. The molecule has 2 N–H and O–H groups in total. The second-order valence-corrected chi connectivity index (χ2v) is 8.66. The molecule has 0 aliphatic heterocycles. The molecule has 2 rings (SSSR count). The first-order chi connectivity index (χ1) is 13.7. The van der Waals surface area contributed by atoms with Gasteiger partial charge in [-0.25, -0.2) is 0 Å². The van der Waals surface area contributed by atoms with Gasteiger partial charge in [0.1, 0.15) is 12.6 Å². The average Bonchev–Trinajstić information content (AvgIpc) is 2.66. The van der Waals surface area contributed by atoms with Gasteiger partial charge in [0.05, 0.1) is 17.2 Å². The quantitative estimate of drug-likeness (QED) is 0.419. The number of ether oxygens (including phenoxy) is 2. The highest BCUT2D eigenvalue weighted by Crippen LogP contribution is 2.37. The zero-order chi connectivity index (χ0) is 21.6. The summed E-state index contributed by atoms with van der Waals surface area (Å²) in [6, 6.07) is 8.28. The van der Waals surface area contributed by atoms with Crippen molar-refractivity contribution in [2.75, 3.05) is 7.11 Å². The van der Waals surface area contributed by atoms with Crippen LogP contribution in [-0.2, 0) is 17.9 Å². The van der Waals surface area contributed by atoms with E-state index in [9.17, 15) is 9.90 Å². The molecule has 0 aromatic heterocycles. The van der Waals surface area contributed by atoms with Crippen LogP contribution in [0, 0.1) is 5.92 Å². The molecule has 5 nitrogen and oxygen atoms in total. The number of benzene rings is 2. The highest BCUT2D eigenvalue weighted by molar-refractivity contribution is 9.10. The molecule has 0 spiro atoms. The highest BCUT2D eigenvalue weighted by atomic mass is 79.9. The second kappa shape index (κ2) is 11.1. The van der Waals surface area contributed by atoms with Crippen LogP contribution in [0.4, 0.5) is 0 Å². The van der Waals surface area contributed by atoms with E-state index >= 15 is 0 Å². The van der Waals surface area contributed by atoms with E-state index in [4.69, 9.17) is 32.7 Å². The summed E-state index contributed by atoms with van der Waals surface area (Å²) in [4.78, 5) is 11.6. The molecular weight excluding hydrogens is 481 g/mol. The first-order valence-electron chi connectivity index (χ1n) is 9.11. The third-order valence-corrected chi connectivity index (χ3v) is 5.77. The van der Waals surface area contributed by atoms with E-state index in [-0.39, 0.29) is 12.5 Å². The molecule has 2 aromatic rings. The minimum absolute atomic E-state index is 0.253. The molecule has 0 fully saturated rings. The lowest BCUT2D eigenvalue weighted by atomic mass is 10.0. The van der Waals surface area contributed by atoms with Crippen molar-refractivity contribution >= 4 is 45.1 Å². The first kappa shape index (κ1) is 23.8. The molecule has 0 amide bonds. The zero-order valence-electron chi connectivity index (χ0n) is 16.5. The largest absolute Gasteiger partial charge is 0.493 e. The van der Waals surface area contributed by atoms with Crippen LogP contribution in [0.25, 0.3) is 0 Å². The number of nitrogens with one attached hydrogen (secondary N) is 1. The van der Waals surface area contributed by atoms with E-state index in [1.165, 1.54) is 0 Å². The predicted molar refractivity (Wildman–Crippen MR) is 119 cm³/mol. The Labute approximate surface area is 189 Å². The van der Waals surface area contributed by atoms with E-state index in [2.05, 4.69) is 21.2 Å². The normalized spacial score (nSPS) is 12.1. The maximum atomic E-state index is 11.6. The number of carbonyl (C=O) groups is 1. The number of hydrogen-bond acceptors (Lipinski definition) is 4. The lowest BCUT2D eigenvalue weighted by molar-refractivity contribution is -0.140. The van der Waals surface area contributed by atoms with Gasteiger partial charge in [-0.1, -0.05) is 59.0 Å². The Morgan fingerprint density at radius 1 is 1.21 bits per heavy atom. The molecule has 0 radical (unpaired) electrons. The number of rotatable bonds is 10. The van der Waals surface area contributed by atoms with Crippen LogP contribution in [0.15, 0.2) is 34.8 Å². The SMILES string of the molecule is COc1ccc(Br)c(CNC(CC(C)C)C(=O)O)c1OCc1ccc(Cl)c(Cl)c1. The van der Waals surface area contributed by atoms with Crippen molar-refractivity contribution in [3.63, 3.8) is 0 Å². The molecule has 0 aliphatic rings. The molecule has 8 heteroatoms. The van der Waals surface area contributed by atoms with Crippen molar-refractivity contribution in [1.29, 1.82) is 0 Å². The van der Waals surface area contributed by atoms with Gasteiger partial charge in [-0.3, -0.25) is 4.79 Å². The minimum Gasteiger partial charge on any atom is -0.493 e. The van der Waals surface area contributed by atoms with Gasteiger partial charge >= 0.3 is 5.97 Å². The lowest BCUT2D eigenvalue weighted by Gasteiger charge is -2.20. The van der Waals surface area contributed by atoms with Gasteiger partial charge in [0.25, 0.3) is 0 Å². The van der Waals surface area contributed by atoms with Gasteiger partial charge in [-0.2, -0.15) is 0 Å². The molecule has 2 aromatic carbocycles. The highest BCUT2D eigenvalue weighted by Gasteiger charge is 2.21. The number of carboxylic acids is 1. The molecule has 0 bridgehead atoms. The standard InChI is InChI=1S/C21H24BrCl2NO4/c1-12(2)8-18(21(26)27)25-10-14-15(22)5-7-19(28-3)20(14)29-11-13-4-6-16(23)17(24)9-13/h4-7,9,12,18,25H,8,10-11H2,1-3H3,(H,26,27). The Morgan fingerprint density at radius 3 is 2.52 bits per heavy atom. The van der Waals surface area contributed by atoms with Gasteiger partial charge in [-0.05, 0) is 42.2 Å². The van der Waals surface area contributed by atoms with E-state index in [1.807, 2.05) is 26.0 Å². The van der Waals surface area contributed by atoms with Gasteiger partial charge < -0.3 is 19.9 Å². The minimum atomic E-state index is -0.879. The van der Waals surface area contributed by atoms with Crippen LogP contribution in [0.1, 0.15) is 31.4 Å². The van der Waals surface area contributed by atoms with Crippen LogP contribution in [0.5, 0.6) is 11.5 Å². The number of halogens is 3. The van der Waals surface area contributed by atoms with Crippen LogP contribution in [-0.4, -0.2) is 24.2 Å². The number of aliphatic carboxylic acids is 1. The summed E-state index contributed by atoms with van der Waals surface area (Å²) in [5.41, 5.74) is 1.63. The molecule has 29 heavy (non-hydrogen) atoms. The second-order valence-electron chi connectivity index (χ2n) is 7.00. The smallest absolute Gasteiger partial charge is 0.320 e. The molecular formula is C21H24BrCl2NO4. The molecule has 1 unspecified atom stereocenters. The van der Waals surface area contributed by atoms with Gasteiger partial charge in [0.15, 0.2) is 11.5 Å². The monoisotopic (exact) mass is 503 g/mol. The van der Waals surface area contributed by atoms with Crippen molar-refractivity contribution in [1.82, 2.24) is 5.32 Å². The van der Waals surface area contributed by atoms with Crippen molar-refractivity contribution in [3.05, 3.63) is 56.0 Å². The number of methoxy groups -OCH3 is 1. The Hall–Kier alpha value is -1.47. The Morgan fingerprint density at radius 2 is 1.93 bits per heavy atom. The summed E-state index contributed by atoms with van der Waals surface area (Å²) in [7, 11) is 1.56. The van der Waals surface area contributed by atoms with E-state index in [0.29, 0.717) is 34.5 Å². The molecule has 158 valence electrons. The summed E-state index contributed by atoms with van der Waals surface area (Å²) in [6.45, 7) is 4.54. The van der Waals surface area contributed by atoms with E-state index < -0.39 is 12.0 Å². The van der Waals surface area contributed by atoms with Gasteiger partial charge in [0, 0.05) is 16.6 Å². The van der Waals surface area contributed by atoms with Crippen molar-refractivity contribution in [2.24, 2.45) is 5.92 Å². The predicted octanol–water partition coefficient (Wildman–Crippen LogP) is 5.93. The van der Waals surface area contributed by atoms with Gasteiger partial charge in [-0.15, -0.1) is 0 Å². The molecule has 0 saturated carbocycles. The van der Waals surface area contributed by atoms with Crippen LogP contribution in [0.2, 0.25) is 10.0 Å². The molecule has 0 aliphatic carbocycles. The van der Waals surface area contributed by atoms with E-state index in [0.717, 1.165) is 15.6 Å². The maximum Gasteiger partial charge on any atom is 0.320 e. The van der Waals surface area contributed by atoms with Gasteiger partial charge in [0.2, 0.25) is 0 Å². The fourth-order valence-electron chi connectivity index (χ4n) is 2.82. The van der Waals surface area contributed by atoms with Crippen molar-refractivity contribution in [2.45, 2.75) is 39.5 Å². The third kappa shape index (κ3) is 6.78. The Kier molecular flexibility index (Phi) is 9.08. The number of hydrogen-bond donors (Lipinski definition) is 2. The average molecular weight is 505 g/mol. The fourth-order valence-corrected chi connectivity index (χ4v) is 3.59. The van der Waals surface area contributed by atoms with Crippen LogP contribution in [0.3, 0.4) is 0 Å². The fraction of sp³-hybridized carbons (Fsp3) is 0.381. The van der Waals surface area contributed by atoms with E-state index in [1.54, 1.807) is 25.3 Å². The Balaban J connectivity index is 2.24. The van der Waals surface area contributed by atoms with Crippen LogP contribution < -0.4 is 14.8 Å². The number of carboxylic acid groups (broad SMARTS) is 1. The summed E-state index contributed by atoms with van der Waals surface area (Å²) >= 11 is 15.6. The molecule has 0 saturated heterocycles. The van der Waals surface area contributed by atoms with Crippen molar-refractivity contribution in [3.8, 4) is 11.5 Å². The first-order valence-corrected chi connectivity index (χ1v) is 10.7. The zero-order valence-corrected chi connectivity index (χ0v) is 19.6. The summed E-state index contributed by atoms with van der Waals surface area (Å²) in [6.07, 6.45) is 0.524. The van der Waals surface area contributed by atoms with Crippen LogP contribution >= 0.6 is 39.1 Å². The topological polar surface area (TPSA) is 67.8 Å². The summed E-state index contributed by atoms with van der Waals surface area (Å²) in [5, 5.41) is 13.5. The summed E-state index contributed by atoms with van der Waals surface area (Å²) in [5.74, 6) is 0.466.